The van der Waals surface area contributed by atoms with Crippen LogP contribution in [0.15, 0.2) is 54.6 Å². The van der Waals surface area contributed by atoms with Crippen LogP contribution in [0, 0.1) is 11.3 Å². The van der Waals surface area contributed by atoms with Crippen molar-refractivity contribution >= 4 is 11.6 Å². The van der Waals surface area contributed by atoms with Crippen LogP contribution in [-0.4, -0.2) is 18.6 Å². The van der Waals surface area contributed by atoms with Crippen molar-refractivity contribution in [1.82, 2.24) is 0 Å². The molecule has 0 N–H and O–H groups in total. The van der Waals surface area contributed by atoms with E-state index in [0.717, 1.165) is 5.69 Å². The predicted molar refractivity (Wildman–Crippen MR) is 85.7 cm³/mol. The Morgan fingerprint density at radius 3 is 2.59 bits per heavy atom. The molecule has 0 aliphatic heterocycles. The first-order valence-electron chi connectivity index (χ1n) is 7.19. The summed E-state index contributed by atoms with van der Waals surface area (Å²) in [5, 5.41) is 8.90. The van der Waals surface area contributed by atoms with Crippen LogP contribution in [0.2, 0.25) is 0 Å². The average Bonchev–Trinajstić information content (AvgIpc) is 2.56. The summed E-state index contributed by atoms with van der Waals surface area (Å²) in [6.07, 6.45) is -0.630. The second-order valence-electron chi connectivity index (χ2n) is 4.82. The van der Waals surface area contributed by atoms with Crippen LogP contribution in [0.4, 0.5) is 5.69 Å². The number of anilines is 1. The molecule has 22 heavy (non-hydrogen) atoms. The summed E-state index contributed by atoms with van der Waals surface area (Å²) in [5.74, 6) is 0.403. The molecule has 0 saturated heterocycles. The van der Waals surface area contributed by atoms with Gasteiger partial charge in [-0.1, -0.05) is 24.3 Å². The second-order valence-corrected chi connectivity index (χ2v) is 4.82. The molecule has 0 aliphatic rings. The lowest BCUT2D eigenvalue weighted by molar-refractivity contribution is -0.124. The van der Waals surface area contributed by atoms with Crippen LogP contribution in [0.3, 0.4) is 0 Å². The third-order valence-electron chi connectivity index (χ3n) is 3.27. The van der Waals surface area contributed by atoms with E-state index in [9.17, 15) is 4.79 Å². The molecule has 0 aliphatic carbocycles. The molecule has 0 spiro atoms. The highest BCUT2D eigenvalue weighted by atomic mass is 16.5. The van der Waals surface area contributed by atoms with Crippen molar-refractivity contribution in [2.75, 3.05) is 11.4 Å². The number of carbonyl (C=O) groups is 1. The van der Waals surface area contributed by atoms with Crippen LogP contribution in [0.25, 0.3) is 0 Å². The Balaban J connectivity index is 2.12. The zero-order chi connectivity index (χ0) is 15.9. The second kappa shape index (κ2) is 7.28. The molecule has 2 aromatic rings. The number of benzene rings is 2. The smallest absolute Gasteiger partial charge is 0.267 e. The maximum atomic E-state index is 12.6. The molecular weight excluding hydrogens is 276 g/mol. The first-order chi connectivity index (χ1) is 10.7. The van der Waals surface area contributed by atoms with Crippen molar-refractivity contribution in [2.45, 2.75) is 20.0 Å². The highest BCUT2D eigenvalue weighted by molar-refractivity contribution is 5.96. The Morgan fingerprint density at radius 1 is 1.23 bits per heavy atom. The molecule has 0 heterocycles. The Labute approximate surface area is 130 Å². The summed E-state index contributed by atoms with van der Waals surface area (Å²) >= 11 is 0. The van der Waals surface area contributed by atoms with E-state index in [4.69, 9.17) is 10.00 Å². The number of nitriles is 1. The van der Waals surface area contributed by atoms with Gasteiger partial charge in [-0.25, -0.2) is 0 Å². The van der Waals surface area contributed by atoms with E-state index < -0.39 is 6.10 Å². The van der Waals surface area contributed by atoms with Crippen LogP contribution in [0.1, 0.15) is 19.4 Å². The van der Waals surface area contributed by atoms with Gasteiger partial charge in [0, 0.05) is 12.2 Å². The Bertz CT molecular complexity index is 677. The van der Waals surface area contributed by atoms with E-state index in [1.54, 1.807) is 36.1 Å². The van der Waals surface area contributed by atoms with E-state index in [2.05, 4.69) is 6.07 Å². The Hall–Kier alpha value is -2.80. The van der Waals surface area contributed by atoms with E-state index in [1.807, 2.05) is 37.3 Å². The van der Waals surface area contributed by atoms with Crippen molar-refractivity contribution in [3.8, 4) is 11.8 Å². The number of rotatable bonds is 5. The molecule has 112 valence electrons. The van der Waals surface area contributed by atoms with Gasteiger partial charge in [0.1, 0.15) is 5.75 Å². The highest BCUT2D eigenvalue weighted by Gasteiger charge is 2.22. The van der Waals surface area contributed by atoms with Crippen LogP contribution in [0.5, 0.6) is 5.75 Å². The third-order valence-corrected chi connectivity index (χ3v) is 3.27. The minimum atomic E-state index is -0.630. The lowest BCUT2D eigenvalue weighted by Crippen LogP contribution is -2.40. The molecule has 0 fully saturated rings. The van der Waals surface area contributed by atoms with E-state index >= 15 is 0 Å². The van der Waals surface area contributed by atoms with Crippen molar-refractivity contribution in [3.63, 3.8) is 0 Å². The van der Waals surface area contributed by atoms with E-state index in [0.29, 0.717) is 17.9 Å². The summed E-state index contributed by atoms with van der Waals surface area (Å²) in [4.78, 5) is 14.2. The molecule has 0 radical (unpaired) electrons. The number of hydrogen-bond donors (Lipinski definition) is 0. The number of para-hydroxylation sites is 1. The van der Waals surface area contributed by atoms with Crippen molar-refractivity contribution < 1.29 is 9.53 Å². The van der Waals surface area contributed by atoms with Gasteiger partial charge in [0.05, 0.1) is 11.6 Å². The first-order valence-corrected chi connectivity index (χ1v) is 7.19. The standard InChI is InChI=1S/C18H18N2O2/c1-3-20(16-9-5-4-6-10-16)18(21)14(2)22-17-11-7-8-15(12-17)13-19/h4-12,14H,3H2,1-2H3. The largest absolute Gasteiger partial charge is 0.481 e. The number of nitrogens with zero attached hydrogens (tertiary/aromatic N) is 2. The van der Waals surface area contributed by atoms with E-state index in [1.165, 1.54) is 0 Å². The van der Waals surface area contributed by atoms with Crippen molar-refractivity contribution in [3.05, 3.63) is 60.2 Å². The minimum absolute atomic E-state index is 0.115. The number of amides is 1. The first kappa shape index (κ1) is 15.6. The molecule has 1 atom stereocenters. The van der Waals surface area contributed by atoms with Crippen LogP contribution < -0.4 is 9.64 Å². The van der Waals surface area contributed by atoms with Gasteiger partial charge in [0.2, 0.25) is 0 Å². The SMILES string of the molecule is CCN(C(=O)C(C)Oc1cccc(C#N)c1)c1ccccc1. The maximum absolute atomic E-state index is 12.6. The fraction of sp³-hybridized carbons (Fsp3) is 0.222. The quantitative estimate of drug-likeness (QED) is 0.849. The molecule has 0 bridgehead atoms. The van der Waals surface area contributed by atoms with Crippen LogP contribution in [-0.2, 0) is 4.79 Å². The molecule has 0 aromatic heterocycles. The molecule has 1 unspecified atom stereocenters. The van der Waals surface area contributed by atoms with Crippen LogP contribution >= 0.6 is 0 Å². The van der Waals surface area contributed by atoms with Gasteiger partial charge in [-0.15, -0.1) is 0 Å². The van der Waals surface area contributed by atoms with Gasteiger partial charge in [0.25, 0.3) is 5.91 Å². The molecule has 2 aromatic carbocycles. The third kappa shape index (κ3) is 3.64. The zero-order valence-corrected chi connectivity index (χ0v) is 12.7. The molecule has 2 rings (SSSR count). The van der Waals surface area contributed by atoms with Gasteiger partial charge in [0.15, 0.2) is 6.10 Å². The maximum Gasteiger partial charge on any atom is 0.267 e. The lowest BCUT2D eigenvalue weighted by Gasteiger charge is -2.25. The molecule has 4 nitrogen and oxygen atoms in total. The predicted octanol–water partition coefficient (Wildman–Crippen LogP) is 3.38. The molecule has 0 saturated carbocycles. The highest BCUT2D eigenvalue weighted by Crippen LogP contribution is 2.18. The lowest BCUT2D eigenvalue weighted by atomic mass is 10.2. The molecular formula is C18H18N2O2. The fourth-order valence-corrected chi connectivity index (χ4v) is 2.19. The van der Waals surface area contributed by atoms with E-state index in [-0.39, 0.29) is 5.91 Å². The summed E-state index contributed by atoms with van der Waals surface area (Å²) < 4.78 is 5.68. The summed E-state index contributed by atoms with van der Waals surface area (Å²) in [7, 11) is 0. The Morgan fingerprint density at radius 2 is 1.95 bits per heavy atom. The number of likely N-dealkylation sites (N-methyl/N-ethyl adjacent to an activating group) is 1. The monoisotopic (exact) mass is 294 g/mol. The minimum Gasteiger partial charge on any atom is -0.481 e. The summed E-state index contributed by atoms with van der Waals surface area (Å²) in [6.45, 7) is 4.20. The topological polar surface area (TPSA) is 53.3 Å². The van der Waals surface area contributed by atoms with Gasteiger partial charge >= 0.3 is 0 Å². The summed E-state index contributed by atoms with van der Waals surface area (Å²) in [5.41, 5.74) is 1.35. The van der Waals surface area contributed by atoms with Gasteiger partial charge < -0.3 is 9.64 Å². The number of ether oxygens (including phenoxy) is 1. The normalized spacial score (nSPS) is 11.3. The van der Waals surface area contributed by atoms with Gasteiger partial charge in [-0.05, 0) is 44.2 Å². The van der Waals surface area contributed by atoms with Gasteiger partial charge in [-0.2, -0.15) is 5.26 Å². The molecule has 1 amide bonds. The van der Waals surface area contributed by atoms with Crippen molar-refractivity contribution in [2.24, 2.45) is 0 Å². The fourth-order valence-electron chi connectivity index (χ4n) is 2.19. The van der Waals surface area contributed by atoms with Crippen molar-refractivity contribution in [1.29, 1.82) is 5.26 Å². The zero-order valence-electron chi connectivity index (χ0n) is 12.7. The van der Waals surface area contributed by atoms with Gasteiger partial charge in [-0.3, -0.25) is 4.79 Å². The Kier molecular flexibility index (Phi) is 5.16. The number of hydrogen-bond acceptors (Lipinski definition) is 3. The average molecular weight is 294 g/mol. The summed E-state index contributed by atoms with van der Waals surface area (Å²) in [6, 6.07) is 18.3. The molecule has 4 heteroatoms. The number of carbonyl (C=O) groups excluding carboxylic acids is 1.